The molecular weight excluding hydrogens is 295 g/mol. The van der Waals surface area contributed by atoms with Gasteiger partial charge < -0.3 is 9.55 Å². The summed E-state index contributed by atoms with van der Waals surface area (Å²) >= 11 is 1.28. The van der Waals surface area contributed by atoms with E-state index in [9.17, 15) is 14.0 Å². The second-order valence-electron chi connectivity index (χ2n) is 4.23. The highest BCUT2D eigenvalue weighted by atomic mass is 32.1. The summed E-state index contributed by atoms with van der Waals surface area (Å²) in [5.74, 6) is -0.321. The molecule has 0 aliphatic carbocycles. The third-order valence-corrected chi connectivity index (χ3v) is 3.74. The fraction of sp³-hybridized carbons (Fsp3) is 0.0769. The molecule has 0 amide bonds. The average molecular weight is 304 g/mol. The van der Waals surface area contributed by atoms with Gasteiger partial charge in [0.05, 0.1) is 6.54 Å². The van der Waals surface area contributed by atoms with Gasteiger partial charge in [-0.1, -0.05) is 11.3 Å². The topological polar surface area (TPSA) is 80.6 Å². The monoisotopic (exact) mass is 304 g/mol. The van der Waals surface area contributed by atoms with Gasteiger partial charge >= 0.3 is 11.1 Å². The second kappa shape index (κ2) is 5.41. The summed E-state index contributed by atoms with van der Waals surface area (Å²) in [6.45, 7) is 0.168. The number of aromatic nitrogens is 4. The van der Waals surface area contributed by atoms with E-state index in [1.54, 1.807) is 12.1 Å². The minimum atomic E-state index is -0.680. The Morgan fingerprint density at radius 2 is 1.95 bits per heavy atom. The summed E-state index contributed by atoms with van der Waals surface area (Å²) in [5, 5.41) is 9.21. The zero-order chi connectivity index (χ0) is 14.8. The van der Waals surface area contributed by atoms with Gasteiger partial charge in [0.15, 0.2) is 0 Å². The Morgan fingerprint density at radius 1 is 1.19 bits per heavy atom. The van der Waals surface area contributed by atoms with E-state index in [-0.39, 0.29) is 12.4 Å². The van der Waals surface area contributed by atoms with Gasteiger partial charge in [0.2, 0.25) is 0 Å². The molecule has 0 saturated heterocycles. The Bertz CT molecular complexity index is 882. The first kappa shape index (κ1) is 13.4. The molecule has 1 N–H and O–H groups in total. The maximum atomic E-state index is 12.9. The summed E-state index contributed by atoms with van der Waals surface area (Å²) in [6.07, 6.45) is 2.87. The van der Waals surface area contributed by atoms with E-state index in [1.807, 2.05) is 0 Å². The van der Waals surface area contributed by atoms with E-state index in [0.29, 0.717) is 10.0 Å². The van der Waals surface area contributed by atoms with Crippen molar-refractivity contribution < 1.29 is 4.39 Å². The molecule has 0 aliphatic heterocycles. The molecule has 0 spiro atoms. The van der Waals surface area contributed by atoms with Gasteiger partial charge in [-0.2, -0.15) is 0 Å². The number of aromatic amines is 1. The van der Waals surface area contributed by atoms with Gasteiger partial charge in [-0.25, -0.2) is 4.39 Å². The third-order valence-electron chi connectivity index (χ3n) is 2.79. The molecule has 6 nitrogen and oxygen atoms in total. The highest BCUT2D eigenvalue weighted by Crippen LogP contribution is 2.23. The third kappa shape index (κ3) is 2.79. The summed E-state index contributed by atoms with van der Waals surface area (Å²) < 4.78 is 14.1. The number of nitrogens with zero attached hydrogens (tertiary/aromatic N) is 3. The van der Waals surface area contributed by atoms with E-state index >= 15 is 0 Å². The van der Waals surface area contributed by atoms with E-state index in [4.69, 9.17) is 0 Å². The van der Waals surface area contributed by atoms with Gasteiger partial charge in [0.1, 0.15) is 15.8 Å². The predicted molar refractivity (Wildman–Crippen MR) is 75.7 cm³/mol. The first-order valence-corrected chi connectivity index (χ1v) is 6.81. The Morgan fingerprint density at radius 3 is 2.71 bits per heavy atom. The molecule has 0 aliphatic rings. The standard InChI is InChI=1S/C13H9FN4O2S/c14-9-3-1-8(2-4-9)12-17-16-10(21-12)7-18-6-5-15-11(19)13(18)20/h1-6H,7H2,(H,15,19). The molecule has 0 fully saturated rings. The predicted octanol–water partition coefficient (Wildman–Crippen LogP) is 1.24. The summed E-state index contributed by atoms with van der Waals surface area (Å²) in [5.41, 5.74) is -0.574. The fourth-order valence-electron chi connectivity index (χ4n) is 1.76. The molecule has 1 aromatic carbocycles. The second-order valence-corrected chi connectivity index (χ2v) is 5.29. The van der Waals surface area contributed by atoms with Crippen molar-refractivity contribution in [1.82, 2.24) is 19.7 Å². The van der Waals surface area contributed by atoms with Crippen LogP contribution in [0.2, 0.25) is 0 Å². The number of halogens is 1. The quantitative estimate of drug-likeness (QED) is 0.738. The number of H-pyrrole nitrogens is 1. The van der Waals surface area contributed by atoms with E-state index < -0.39 is 11.1 Å². The van der Waals surface area contributed by atoms with Crippen LogP contribution in [0.25, 0.3) is 10.6 Å². The van der Waals surface area contributed by atoms with Crippen LogP contribution in [0.5, 0.6) is 0 Å². The van der Waals surface area contributed by atoms with Gasteiger partial charge in [0, 0.05) is 18.0 Å². The van der Waals surface area contributed by atoms with Crippen LogP contribution in [0, 0.1) is 5.82 Å². The maximum absolute atomic E-state index is 12.9. The number of nitrogens with one attached hydrogen (secondary N) is 1. The van der Waals surface area contributed by atoms with E-state index in [2.05, 4.69) is 15.2 Å². The van der Waals surface area contributed by atoms with Crippen LogP contribution >= 0.6 is 11.3 Å². The lowest BCUT2D eigenvalue weighted by atomic mass is 10.2. The number of rotatable bonds is 3. The summed E-state index contributed by atoms with van der Waals surface area (Å²) in [4.78, 5) is 25.2. The Kier molecular flexibility index (Phi) is 3.44. The van der Waals surface area contributed by atoms with Crippen molar-refractivity contribution in [3.63, 3.8) is 0 Å². The van der Waals surface area contributed by atoms with E-state index in [0.717, 1.165) is 5.56 Å². The zero-order valence-corrected chi connectivity index (χ0v) is 11.4. The van der Waals surface area contributed by atoms with Crippen molar-refractivity contribution in [2.75, 3.05) is 0 Å². The lowest BCUT2D eigenvalue weighted by Gasteiger charge is -1.99. The van der Waals surface area contributed by atoms with E-state index in [1.165, 1.54) is 40.4 Å². The molecule has 0 bridgehead atoms. The normalized spacial score (nSPS) is 10.7. The smallest absolute Gasteiger partial charge is 0.316 e. The van der Waals surface area contributed by atoms with Crippen molar-refractivity contribution in [3.8, 4) is 10.6 Å². The first-order valence-electron chi connectivity index (χ1n) is 6.00. The van der Waals surface area contributed by atoms with Crippen molar-refractivity contribution in [2.24, 2.45) is 0 Å². The van der Waals surface area contributed by atoms with Crippen molar-refractivity contribution in [3.05, 3.63) is 68.2 Å². The van der Waals surface area contributed by atoms with Gasteiger partial charge in [-0.3, -0.25) is 9.59 Å². The molecule has 106 valence electrons. The highest BCUT2D eigenvalue weighted by molar-refractivity contribution is 7.14. The molecular formula is C13H9FN4O2S. The molecule has 0 radical (unpaired) electrons. The molecule has 0 saturated carbocycles. The maximum Gasteiger partial charge on any atom is 0.316 e. The summed E-state index contributed by atoms with van der Waals surface area (Å²) in [6, 6.07) is 5.91. The van der Waals surface area contributed by atoms with Crippen molar-refractivity contribution >= 4 is 11.3 Å². The van der Waals surface area contributed by atoms with Crippen LogP contribution in [-0.4, -0.2) is 19.7 Å². The molecule has 8 heteroatoms. The molecule has 2 aromatic heterocycles. The Hall–Kier alpha value is -2.61. The summed E-state index contributed by atoms with van der Waals surface area (Å²) in [7, 11) is 0. The van der Waals surface area contributed by atoms with Crippen molar-refractivity contribution in [1.29, 1.82) is 0 Å². The first-order chi connectivity index (χ1) is 10.1. The molecule has 2 heterocycles. The average Bonchev–Trinajstić information content (AvgIpc) is 2.93. The number of hydrogen-bond donors (Lipinski definition) is 1. The molecule has 3 rings (SSSR count). The van der Waals surface area contributed by atoms with Gasteiger partial charge in [0.25, 0.3) is 0 Å². The lowest BCUT2D eigenvalue weighted by Crippen LogP contribution is -2.35. The van der Waals surface area contributed by atoms with Crippen LogP contribution in [0.3, 0.4) is 0 Å². The number of hydrogen-bond acceptors (Lipinski definition) is 5. The van der Waals surface area contributed by atoms with Crippen LogP contribution in [0.1, 0.15) is 5.01 Å². The Balaban J connectivity index is 1.89. The highest BCUT2D eigenvalue weighted by Gasteiger charge is 2.09. The van der Waals surface area contributed by atoms with Crippen LogP contribution in [0.15, 0.2) is 46.2 Å². The minimum Gasteiger partial charge on any atom is -0.323 e. The minimum absolute atomic E-state index is 0.168. The molecule has 0 unspecified atom stereocenters. The molecule has 21 heavy (non-hydrogen) atoms. The van der Waals surface area contributed by atoms with Crippen LogP contribution in [0.4, 0.5) is 4.39 Å². The Labute approximate surface area is 121 Å². The fourth-order valence-corrected chi connectivity index (χ4v) is 2.60. The van der Waals surface area contributed by atoms with Crippen LogP contribution in [-0.2, 0) is 6.54 Å². The molecule has 3 aromatic rings. The number of benzene rings is 1. The van der Waals surface area contributed by atoms with Gasteiger partial charge in [-0.05, 0) is 24.3 Å². The lowest BCUT2D eigenvalue weighted by molar-refractivity contribution is 0.628. The largest absolute Gasteiger partial charge is 0.323 e. The molecule has 0 atom stereocenters. The van der Waals surface area contributed by atoms with Crippen LogP contribution < -0.4 is 11.1 Å². The van der Waals surface area contributed by atoms with Gasteiger partial charge in [-0.15, -0.1) is 10.2 Å². The van der Waals surface area contributed by atoms with Crippen molar-refractivity contribution in [2.45, 2.75) is 6.54 Å². The SMILES string of the molecule is O=c1[nH]ccn(Cc2nnc(-c3ccc(F)cc3)s2)c1=O. The zero-order valence-electron chi connectivity index (χ0n) is 10.6.